The molecule has 12 heteroatoms. The largest absolute Gasteiger partial charge is 0.490 e. The molecule has 0 bridgehead atoms. The molecule has 1 fully saturated rings. The predicted octanol–water partition coefficient (Wildman–Crippen LogP) is 4.12. The number of benzene rings is 2. The molecule has 9 nitrogen and oxygen atoms in total. The zero-order valence-corrected chi connectivity index (χ0v) is 22.8. The minimum Gasteiger partial charge on any atom is -0.475 e. The molecule has 0 radical (unpaired) electrons. The Balaban J connectivity index is 0.000000587. The number of urea groups is 1. The van der Waals surface area contributed by atoms with Gasteiger partial charge >= 0.3 is 18.2 Å². The maximum atomic E-state index is 12.3. The third kappa shape index (κ3) is 10.9. The molecule has 1 aromatic heterocycles. The summed E-state index contributed by atoms with van der Waals surface area (Å²) in [6, 6.07) is 16.3. The normalized spacial score (nSPS) is 15.0. The molecule has 1 aliphatic rings. The Bertz CT molecular complexity index is 1230. The van der Waals surface area contributed by atoms with Crippen LogP contribution in [0.1, 0.15) is 30.9 Å². The lowest BCUT2D eigenvalue weighted by Gasteiger charge is -2.31. The van der Waals surface area contributed by atoms with Crippen LogP contribution in [-0.2, 0) is 17.9 Å². The molecule has 1 atom stereocenters. The number of aromatic nitrogens is 2. The molecular formula is C29H36F3N5O4. The van der Waals surface area contributed by atoms with Crippen molar-refractivity contribution in [2.45, 2.75) is 45.1 Å². The maximum absolute atomic E-state index is 12.3. The number of nitrogens with one attached hydrogen (secondary N) is 2. The highest BCUT2D eigenvalue weighted by molar-refractivity contribution is 5.75. The number of rotatable bonds is 9. The quantitative estimate of drug-likeness (QED) is 0.305. The van der Waals surface area contributed by atoms with E-state index in [4.69, 9.17) is 9.90 Å². The monoisotopic (exact) mass is 575 g/mol. The van der Waals surface area contributed by atoms with E-state index in [1.165, 1.54) is 18.4 Å². The average Bonchev–Trinajstić information content (AvgIpc) is 3.45. The average molecular weight is 576 g/mol. The molecule has 1 aliphatic heterocycles. The highest BCUT2D eigenvalue weighted by Gasteiger charge is 2.38. The number of alkyl halides is 3. The molecule has 0 spiro atoms. The number of carboxylic acids is 1. The van der Waals surface area contributed by atoms with E-state index in [9.17, 15) is 23.1 Å². The fourth-order valence-electron chi connectivity index (χ4n) is 4.39. The fraction of sp³-hybridized carbons (Fsp3) is 0.414. The molecule has 1 saturated heterocycles. The van der Waals surface area contributed by atoms with Gasteiger partial charge in [0.1, 0.15) is 0 Å². The van der Waals surface area contributed by atoms with Crippen molar-refractivity contribution >= 4 is 12.0 Å². The Morgan fingerprint density at radius 1 is 1.07 bits per heavy atom. The lowest BCUT2D eigenvalue weighted by atomic mass is 9.98. The van der Waals surface area contributed by atoms with Crippen LogP contribution >= 0.6 is 0 Å². The first kappa shape index (κ1) is 31.6. The van der Waals surface area contributed by atoms with Gasteiger partial charge in [-0.05, 0) is 54.1 Å². The second-order valence-corrected chi connectivity index (χ2v) is 10.1. The number of halogens is 3. The standard InChI is InChI=1S/C27H35N5O2.C2HF3O2/c1-21-10-13-31(14-11-21)19-25(33)17-30-27(34)29-16-24-4-2-3-5-26(24)23-8-6-22(7-9-23)18-32-15-12-28-20-32;3-2(4,5)1(6)7/h2-9,12,15,20-21,25,33H,10-11,13-14,16-19H2,1H3,(H2,29,30,34);(H,6,7). The van der Waals surface area contributed by atoms with Crippen molar-refractivity contribution < 1.29 is 33.0 Å². The predicted molar refractivity (Wildman–Crippen MR) is 148 cm³/mol. The molecule has 2 heterocycles. The molecule has 222 valence electrons. The lowest BCUT2D eigenvalue weighted by Crippen LogP contribution is -2.45. The van der Waals surface area contributed by atoms with E-state index in [1.807, 2.05) is 35.3 Å². The van der Waals surface area contributed by atoms with Gasteiger partial charge in [-0.25, -0.2) is 14.6 Å². The first-order valence-corrected chi connectivity index (χ1v) is 13.4. The van der Waals surface area contributed by atoms with Crippen molar-refractivity contribution in [2.75, 3.05) is 26.2 Å². The van der Waals surface area contributed by atoms with Crippen molar-refractivity contribution in [2.24, 2.45) is 5.92 Å². The van der Waals surface area contributed by atoms with Gasteiger partial charge in [0, 0.05) is 38.6 Å². The smallest absolute Gasteiger partial charge is 0.475 e. The Morgan fingerprint density at radius 3 is 2.34 bits per heavy atom. The van der Waals surface area contributed by atoms with Crippen molar-refractivity contribution in [3.8, 4) is 11.1 Å². The number of carbonyl (C=O) groups is 2. The number of aliphatic hydroxyl groups is 1. The van der Waals surface area contributed by atoms with Crippen LogP contribution in [0.4, 0.5) is 18.0 Å². The van der Waals surface area contributed by atoms with Crippen LogP contribution in [0.5, 0.6) is 0 Å². The summed E-state index contributed by atoms with van der Waals surface area (Å²) >= 11 is 0. The van der Waals surface area contributed by atoms with Gasteiger partial charge in [-0.2, -0.15) is 13.2 Å². The van der Waals surface area contributed by atoms with Crippen LogP contribution in [0.15, 0.2) is 67.3 Å². The molecule has 1 unspecified atom stereocenters. The van der Waals surface area contributed by atoms with Crippen molar-refractivity contribution in [3.63, 3.8) is 0 Å². The van der Waals surface area contributed by atoms with Crippen LogP contribution in [0, 0.1) is 5.92 Å². The minimum atomic E-state index is -5.08. The fourth-order valence-corrected chi connectivity index (χ4v) is 4.39. The van der Waals surface area contributed by atoms with Gasteiger partial charge in [-0.1, -0.05) is 55.5 Å². The number of hydrogen-bond acceptors (Lipinski definition) is 5. The van der Waals surface area contributed by atoms with Gasteiger partial charge in [0.2, 0.25) is 0 Å². The Morgan fingerprint density at radius 2 is 1.73 bits per heavy atom. The number of carbonyl (C=O) groups excluding carboxylic acids is 1. The lowest BCUT2D eigenvalue weighted by molar-refractivity contribution is -0.192. The second-order valence-electron chi connectivity index (χ2n) is 10.1. The summed E-state index contributed by atoms with van der Waals surface area (Å²) in [5.74, 6) is -1.99. The van der Waals surface area contributed by atoms with Crippen molar-refractivity contribution in [1.29, 1.82) is 0 Å². The third-order valence-corrected chi connectivity index (χ3v) is 6.73. The van der Waals surface area contributed by atoms with E-state index in [-0.39, 0.29) is 12.6 Å². The van der Waals surface area contributed by atoms with Crippen LogP contribution in [-0.4, -0.2) is 75.1 Å². The number of β-amino-alcohol motifs (C(OH)–C–C–N with tert-alkyl or cyclic N) is 1. The molecule has 0 saturated carbocycles. The van der Waals surface area contributed by atoms with E-state index < -0.39 is 18.2 Å². The van der Waals surface area contributed by atoms with Crippen LogP contribution in [0.25, 0.3) is 11.1 Å². The van der Waals surface area contributed by atoms with Gasteiger partial charge < -0.3 is 30.3 Å². The Labute approximate surface area is 237 Å². The maximum Gasteiger partial charge on any atom is 0.490 e. The highest BCUT2D eigenvalue weighted by atomic mass is 19.4. The molecule has 41 heavy (non-hydrogen) atoms. The number of nitrogens with zero attached hydrogens (tertiary/aromatic N) is 3. The number of piperidine rings is 1. The minimum absolute atomic E-state index is 0.248. The summed E-state index contributed by atoms with van der Waals surface area (Å²) in [5.41, 5.74) is 4.45. The van der Waals surface area contributed by atoms with Gasteiger partial charge in [-0.15, -0.1) is 0 Å². The number of hydrogen-bond donors (Lipinski definition) is 4. The van der Waals surface area contributed by atoms with Gasteiger partial charge in [-0.3, -0.25) is 0 Å². The number of amides is 2. The molecule has 4 rings (SSSR count). The molecule has 2 amide bonds. The van der Waals surface area contributed by atoms with Crippen LogP contribution < -0.4 is 10.6 Å². The zero-order valence-electron chi connectivity index (χ0n) is 22.8. The SMILES string of the molecule is CC1CCN(CC(O)CNC(=O)NCc2ccccc2-c2ccc(Cn3ccnc3)cc2)CC1.O=C(O)C(F)(F)F. The van der Waals surface area contributed by atoms with Gasteiger partial charge in [0.25, 0.3) is 0 Å². The van der Waals surface area contributed by atoms with E-state index in [0.29, 0.717) is 13.1 Å². The van der Waals surface area contributed by atoms with Gasteiger partial charge in [0.05, 0.1) is 12.4 Å². The molecule has 2 aromatic carbocycles. The summed E-state index contributed by atoms with van der Waals surface area (Å²) in [5, 5.41) is 23.2. The molecule has 3 aromatic rings. The summed E-state index contributed by atoms with van der Waals surface area (Å²) in [6.07, 6.45) is 2.25. The van der Waals surface area contributed by atoms with Crippen molar-refractivity contribution in [1.82, 2.24) is 25.1 Å². The first-order valence-electron chi connectivity index (χ1n) is 13.4. The Hall–Kier alpha value is -3.90. The number of aliphatic carboxylic acids is 1. The van der Waals surface area contributed by atoms with Crippen LogP contribution in [0.2, 0.25) is 0 Å². The number of likely N-dealkylation sites (tertiary alicyclic amines) is 1. The zero-order chi connectivity index (χ0) is 29.8. The Kier molecular flexibility index (Phi) is 11.7. The molecule has 4 N–H and O–H groups in total. The van der Waals surface area contributed by atoms with E-state index in [0.717, 1.165) is 42.2 Å². The summed E-state index contributed by atoms with van der Waals surface area (Å²) < 4.78 is 33.8. The summed E-state index contributed by atoms with van der Waals surface area (Å²) in [7, 11) is 0. The van der Waals surface area contributed by atoms with E-state index in [1.54, 1.807) is 6.20 Å². The highest BCUT2D eigenvalue weighted by Crippen LogP contribution is 2.24. The second kappa shape index (κ2) is 15.2. The first-order chi connectivity index (χ1) is 19.5. The number of aliphatic hydroxyl groups excluding tert-OH is 1. The number of carboxylic acid groups (broad SMARTS) is 1. The van der Waals surface area contributed by atoms with Crippen molar-refractivity contribution in [3.05, 3.63) is 78.4 Å². The van der Waals surface area contributed by atoms with Crippen LogP contribution in [0.3, 0.4) is 0 Å². The van der Waals surface area contributed by atoms with Gasteiger partial charge in [0.15, 0.2) is 0 Å². The van der Waals surface area contributed by atoms with E-state index in [2.05, 4.69) is 57.8 Å². The third-order valence-electron chi connectivity index (χ3n) is 6.73. The number of imidazole rings is 1. The summed E-state index contributed by atoms with van der Waals surface area (Å²) in [4.78, 5) is 27.6. The van der Waals surface area contributed by atoms with E-state index >= 15 is 0 Å². The topological polar surface area (TPSA) is 120 Å². The summed E-state index contributed by atoms with van der Waals surface area (Å²) in [6.45, 7) is 6.36. The molecular weight excluding hydrogens is 539 g/mol. The molecule has 0 aliphatic carbocycles.